The van der Waals surface area contributed by atoms with Crippen molar-refractivity contribution in [2.45, 2.75) is 51.4 Å². The van der Waals surface area contributed by atoms with Gasteiger partial charge in [0.2, 0.25) is 0 Å². The molecule has 0 radical (unpaired) electrons. The van der Waals surface area contributed by atoms with Gasteiger partial charge < -0.3 is 14.6 Å². The molecule has 3 atom stereocenters. The van der Waals surface area contributed by atoms with Gasteiger partial charge in [0.05, 0.1) is 0 Å². The monoisotopic (exact) mass is 299 g/mol. The molecular formula is C14H21NO6. The summed E-state index contributed by atoms with van der Waals surface area (Å²) in [5.74, 6) is -3.93. The smallest absolute Gasteiger partial charge is 0.419 e. The summed E-state index contributed by atoms with van der Waals surface area (Å²) in [5, 5.41) is 11.7. The molecule has 0 bridgehead atoms. The second kappa shape index (κ2) is 5.29. The summed E-state index contributed by atoms with van der Waals surface area (Å²) >= 11 is 0. The Balaban J connectivity index is 2.28. The van der Waals surface area contributed by atoms with Gasteiger partial charge in [-0.3, -0.25) is 5.32 Å². The van der Waals surface area contributed by atoms with E-state index in [0.29, 0.717) is 13.0 Å². The van der Waals surface area contributed by atoms with Gasteiger partial charge >= 0.3 is 17.9 Å². The predicted octanol–water partition coefficient (Wildman–Crippen LogP) is 0.672. The van der Waals surface area contributed by atoms with Crippen LogP contribution in [0, 0.1) is 11.8 Å². The van der Waals surface area contributed by atoms with Crippen LogP contribution in [0.4, 0.5) is 0 Å². The lowest BCUT2D eigenvalue weighted by Gasteiger charge is -2.34. The highest BCUT2D eigenvalue weighted by atomic mass is 16.6. The molecule has 7 nitrogen and oxygen atoms in total. The van der Waals surface area contributed by atoms with Crippen LogP contribution in [0.1, 0.15) is 40.0 Å². The van der Waals surface area contributed by atoms with Crippen LogP contribution >= 0.6 is 0 Å². The number of aliphatic carboxylic acids is 1. The quantitative estimate of drug-likeness (QED) is 0.570. The minimum absolute atomic E-state index is 0.194. The van der Waals surface area contributed by atoms with Crippen molar-refractivity contribution in [3.8, 4) is 0 Å². The van der Waals surface area contributed by atoms with E-state index in [2.05, 4.69) is 5.32 Å². The average molecular weight is 299 g/mol. The normalized spacial score (nSPS) is 31.6. The second-order valence-electron chi connectivity index (χ2n) is 6.61. The number of nitrogens with one attached hydrogen (secondary N) is 1. The average Bonchev–Trinajstić information content (AvgIpc) is 2.90. The summed E-state index contributed by atoms with van der Waals surface area (Å²) < 4.78 is 10.4. The fraction of sp³-hybridized carbons (Fsp3) is 0.786. The van der Waals surface area contributed by atoms with Gasteiger partial charge in [0.15, 0.2) is 0 Å². The maximum absolute atomic E-state index is 12.5. The predicted molar refractivity (Wildman–Crippen MR) is 71.1 cm³/mol. The van der Waals surface area contributed by atoms with Crippen molar-refractivity contribution in [2.75, 3.05) is 6.54 Å². The largest absolute Gasteiger partial charge is 0.473 e. The molecule has 1 aliphatic heterocycles. The molecule has 1 saturated carbocycles. The molecule has 0 unspecified atom stereocenters. The molecule has 1 saturated heterocycles. The minimum atomic E-state index is -1.72. The molecule has 7 heteroatoms. The third-order valence-corrected chi connectivity index (χ3v) is 3.94. The van der Waals surface area contributed by atoms with E-state index in [1.54, 1.807) is 20.8 Å². The fourth-order valence-electron chi connectivity index (χ4n) is 3.15. The minimum Gasteiger partial charge on any atom is -0.473 e. The van der Waals surface area contributed by atoms with Crippen LogP contribution in [0.25, 0.3) is 0 Å². The van der Waals surface area contributed by atoms with Gasteiger partial charge in [0.25, 0.3) is 5.72 Å². The second-order valence-corrected chi connectivity index (χ2v) is 6.61. The van der Waals surface area contributed by atoms with E-state index in [1.807, 2.05) is 0 Å². The van der Waals surface area contributed by atoms with Gasteiger partial charge in [-0.25, -0.2) is 14.4 Å². The van der Waals surface area contributed by atoms with Crippen LogP contribution in [0.2, 0.25) is 0 Å². The molecule has 0 spiro atoms. The molecule has 2 aliphatic rings. The molecule has 2 N–H and O–H groups in total. The molecule has 1 aliphatic carbocycles. The molecule has 0 aromatic heterocycles. The summed E-state index contributed by atoms with van der Waals surface area (Å²) in [6.45, 7) is 5.63. The number of esters is 2. The van der Waals surface area contributed by atoms with E-state index < -0.39 is 29.2 Å². The molecule has 0 aromatic rings. The molecule has 2 rings (SSSR count). The SMILES string of the molecule is CC(C)(C)OC(=O)[C@]1(OC(=O)C(=O)O)NC[C@@H]2CCC[C@@H]21. The first kappa shape index (κ1) is 15.8. The number of carboxylic acids is 1. The van der Waals surface area contributed by atoms with Crippen LogP contribution in [-0.2, 0) is 23.9 Å². The zero-order valence-corrected chi connectivity index (χ0v) is 12.5. The van der Waals surface area contributed by atoms with Gasteiger partial charge in [-0.1, -0.05) is 6.42 Å². The van der Waals surface area contributed by atoms with Crippen molar-refractivity contribution in [1.29, 1.82) is 0 Å². The maximum atomic E-state index is 12.5. The van der Waals surface area contributed by atoms with E-state index in [-0.39, 0.29) is 11.8 Å². The zero-order valence-electron chi connectivity index (χ0n) is 12.5. The van der Waals surface area contributed by atoms with Crippen molar-refractivity contribution < 1.29 is 29.0 Å². The fourth-order valence-corrected chi connectivity index (χ4v) is 3.15. The summed E-state index contributed by atoms with van der Waals surface area (Å²) in [6.07, 6.45) is 2.54. The van der Waals surface area contributed by atoms with Crippen LogP contribution in [0.15, 0.2) is 0 Å². The van der Waals surface area contributed by atoms with E-state index in [4.69, 9.17) is 14.6 Å². The van der Waals surface area contributed by atoms with E-state index in [9.17, 15) is 14.4 Å². The van der Waals surface area contributed by atoms with Gasteiger partial charge in [-0.2, -0.15) is 0 Å². The number of carbonyl (C=O) groups is 3. The number of hydrogen-bond acceptors (Lipinski definition) is 6. The summed E-state index contributed by atoms with van der Waals surface area (Å²) in [4.78, 5) is 34.8. The first-order valence-corrected chi connectivity index (χ1v) is 7.10. The Hall–Kier alpha value is -1.63. The van der Waals surface area contributed by atoms with Gasteiger partial charge in [0.1, 0.15) is 5.60 Å². The number of carboxylic acid groups (broad SMARTS) is 1. The number of hydrogen-bond donors (Lipinski definition) is 2. The zero-order chi connectivity index (χ0) is 15.8. The Morgan fingerprint density at radius 2 is 1.90 bits per heavy atom. The highest BCUT2D eigenvalue weighted by Gasteiger charge is 2.60. The molecule has 0 amide bonds. The van der Waals surface area contributed by atoms with E-state index in [0.717, 1.165) is 12.8 Å². The lowest BCUT2D eigenvalue weighted by molar-refractivity contribution is -0.202. The summed E-state index contributed by atoms with van der Waals surface area (Å²) in [6, 6.07) is 0. The van der Waals surface area contributed by atoms with Crippen LogP contribution < -0.4 is 5.32 Å². The standard InChI is InChI=1S/C14H21NO6/c1-13(2,3)21-12(19)14(20-11(18)10(16)17)9-6-4-5-8(9)7-15-14/h8-9,15H,4-7H2,1-3H3,(H,16,17)/t8-,9-,14-/m0/s1. The number of ether oxygens (including phenoxy) is 2. The molecular weight excluding hydrogens is 278 g/mol. The Morgan fingerprint density at radius 1 is 1.24 bits per heavy atom. The summed E-state index contributed by atoms with van der Waals surface area (Å²) in [5.41, 5.74) is -2.43. The van der Waals surface area contributed by atoms with Crippen molar-refractivity contribution >= 4 is 17.9 Å². The third-order valence-electron chi connectivity index (χ3n) is 3.94. The van der Waals surface area contributed by atoms with Crippen LogP contribution in [0.5, 0.6) is 0 Å². The lowest BCUT2D eigenvalue weighted by Crippen LogP contribution is -2.58. The Morgan fingerprint density at radius 3 is 2.48 bits per heavy atom. The highest BCUT2D eigenvalue weighted by molar-refractivity contribution is 6.29. The Kier molecular flexibility index (Phi) is 3.97. The van der Waals surface area contributed by atoms with Crippen molar-refractivity contribution in [3.05, 3.63) is 0 Å². The number of carbonyl (C=O) groups excluding carboxylic acids is 2. The van der Waals surface area contributed by atoms with Gasteiger partial charge in [-0.05, 0) is 39.5 Å². The van der Waals surface area contributed by atoms with Crippen molar-refractivity contribution in [1.82, 2.24) is 5.32 Å². The summed E-state index contributed by atoms with van der Waals surface area (Å²) in [7, 11) is 0. The molecule has 2 fully saturated rings. The van der Waals surface area contributed by atoms with Gasteiger partial charge in [0, 0.05) is 12.5 Å². The molecule has 21 heavy (non-hydrogen) atoms. The lowest BCUT2D eigenvalue weighted by atomic mass is 9.90. The Bertz CT molecular complexity index is 469. The molecule has 118 valence electrons. The third kappa shape index (κ3) is 3.02. The van der Waals surface area contributed by atoms with Crippen LogP contribution in [0.3, 0.4) is 0 Å². The molecule has 1 heterocycles. The first-order chi connectivity index (χ1) is 9.66. The van der Waals surface area contributed by atoms with Crippen molar-refractivity contribution in [3.63, 3.8) is 0 Å². The van der Waals surface area contributed by atoms with E-state index >= 15 is 0 Å². The van der Waals surface area contributed by atoms with Gasteiger partial charge in [-0.15, -0.1) is 0 Å². The number of rotatable bonds is 2. The maximum Gasteiger partial charge on any atom is 0.419 e. The van der Waals surface area contributed by atoms with Crippen molar-refractivity contribution in [2.24, 2.45) is 11.8 Å². The topological polar surface area (TPSA) is 102 Å². The molecule has 0 aromatic carbocycles. The first-order valence-electron chi connectivity index (χ1n) is 7.10. The Labute approximate surface area is 123 Å². The highest BCUT2D eigenvalue weighted by Crippen LogP contribution is 2.45. The number of fused-ring (bicyclic) bond motifs is 1. The van der Waals surface area contributed by atoms with Crippen LogP contribution in [-0.4, -0.2) is 40.9 Å². The van der Waals surface area contributed by atoms with E-state index in [1.165, 1.54) is 0 Å².